The quantitative estimate of drug-likeness (QED) is 0.369. The van der Waals surface area contributed by atoms with Crippen LogP contribution >= 0.6 is 0 Å². The van der Waals surface area contributed by atoms with E-state index in [0.717, 1.165) is 0 Å². The minimum atomic E-state index is -7.69. The van der Waals surface area contributed by atoms with Gasteiger partial charge in [-0.05, 0) is 5.12 Å². The second-order valence-electron chi connectivity index (χ2n) is 3.67. The number of hydrogen-bond acceptors (Lipinski definition) is 1. The summed E-state index contributed by atoms with van der Waals surface area (Å²) in [6, 6.07) is -14.4. The fourth-order valence-corrected chi connectivity index (χ4v) is 1.39. The van der Waals surface area contributed by atoms with E-state index in [0.29, 0.717) is 0 Å². The van der Waals surface area contributed by atoms with Gasteiger partial charge in [0.15, 0.2) is 0 Å². The second-order valence-corrected chi connectivity index (χ2v) is 3.67. The van der Waals surface area contributed by atoms with Crippen LogP contribution in [0.25, 0.3) is 0 Å². The maximum absolute atomic E-state index is 13.0. The number of alkyl halides is 12. The number of hydrogen-bond donors (Lipinski definition) is 0. The van der Waals surface area contributed by atoms with Gasteiger partial charge < -0.3 is 0 Å². The summed E-state index contributed by atoms with van der Waals surface area (Å²) < 4.78 is 162. The Morgan fingerprint density at radius 3 is 1.05 bits per heavy atom. The molecule has 120 valence electrons. The normalized spacial score (nSPS) is 31.1. The highest BCUT2D eigenvalue weighted by Gasteiger charge is 3.00. The van der Waals surface area contributed by atoms with Crippen LogP contribution in [0.5, 0.6) is 0 Å². The van der Waals surface area contributed by atoms with E-state index in [-0.39, 0.29) is 0 Å². The molecule has 0 aliphatic carbocycles. The van der Waals surface area contributed by atoms with Gasteiger partial charge in [-0.3, -0.25) is 0 Å². The fraction of sp³-hybridized carbons (Fsp3) is 1.00. The van der Waals surface area contributed by atoms with Crippen LogP contribution in [-0.4, -0.2) is 40.9 Å². The van der Waals surface area contributed by atoms with Gasteiger partial charge >= 0.3 is 35.8 Å². The summed E-state index contributed by atoms with van der Waals surface area (Å²) in [6.07, 6.45) is -7.55. The molecule has 0 atom stereocenters. The molecule has 20 heavy (non-hydrogen) atoms. The van der Waals surface area contributed by atoms with E-state index in [1.54, 1.807) is 0 Å². The molecule has 1 saturated heterocycles. The van der Waals surface area contributed by atoms with Crippen molar-refractivity contribution in [3.05, 3.63) is 0 Å². The number of halogens is 13. The number of piperidine rings is 1. The highest BCUT2D eigenvalue weighted by Crippen LogP contribution is 2.67. The summed E-state index contributed by atoms with van der Waals surface area (Å²) >= 11 is 0. The smallest absolute Gasteiger partial charge is 0.219 e. The summed E-state index contributed by atoms with van der Waals surface area (Å²) in [5.74, 6) is -15.1. The predicted molar refractivity (Wildman–Crippen MR) is 32.6 cm³/mol. The molecule has 1 fully saturated rings. The second kappa shape index (κ2) is 3.62. The standard InChI is InChI=1S/C6F13N/c7-1(4(12,13)14)2(8,9)5(15,16)20(19)6(17,18)3(1,10)11. The molecule has 0 saturated carbocycles. The lowest BCUT2D eigenvalue weighted by Gasteiger charge is -2.51. The van der Waals surface area contributed by atoms with E-state index in [4.69, 9.17) is 0 Å². The van der Waals surface area contributed by atoms with Crippen molar-refractivity contribution >= 4 is 0 Å². The van der Waals surface area contributed by atoms with Crippen molar-refractivity contribution in [1.29, 1.82) is 0 Å². The van der Waals surface area contributed by atoms with Crippen molar-refractivity contribution in [3.8, 4) is 0 Å². The van der Waals surface area contributed by atoms with Gasteiger partial charge in [0.1, 0.15) is 0 Å². The minimum absolute atomic E-state index is 3.79. The highest BCUT2D eigenvalue weighted by atomic mass is 19.4. The first-order valence-corrected chi connectivity index (χ1v) is 4.13. The van der Waals surface area contributed by atoms with Crippen LogP contribution in [0.2, 0.25) is 0 Å². The van der Waals surface area contributed by atoms with Crippen molar-refractivity contribution in [1.82, 2.24) is 5.12 Å². The third-order valence-corrected chi connectivity index (χ3v) is 2.50. The average molecular weight is 333 g/mol. The molecule has 0 aromatic carbocycles. The Hall–Kier alpha value is -0.950. The third kappa shape index (κ3) is 1.40. The topological polar surface area (TPSA) is 3.24 Å². The van der Waals surface area contributed by atoms with Crippen LogP contribution in [0.3, 0.4) is 0 Å². The van der Waals surface area contributed by atoms with E-state index >= 15 is 0 Å². The zero-order valence-corrected chi connectivity index (χ0v) is 8.36. The van der Waals surface area contributed by atoms with Crippen LogP contribution < -0.4 is 0 Å². The third-order valence-electron chi connectivity index (χ3n) is 2.50. The molecule has 0 N–H and O–H groups in total. The maximum Gasteiger partial charge on any atom is 0.435 e. The first-order chi connectivity index (χ1) is 8.40. The van der Waals surface area contributed by atoms with Crippen LogP contribution in [0.4, 0.5) is 57.2 Å². The van der Waals surface area contributed by atoms with Gasteiger partial charge in [0.2, 0.25) is 0 Å². The molecule has 1 aliphatic rings. The van der Waals surface area contributed by atoms with E-state index in [1.807, 2.05) is 0 Å². The minimum Gasteiger partial charge on any atom is -0.219 e. The molecule has 0 spiro atoms. The van der Waals surface area contributed by atoms with Crippen LogP contribution in [-0.2, 0) is 0 Å². The molecule has 1 aliphatic heterocycles. The number of nitrogens with zero attached hydrogens (tertiary/aromatic N) is 1. The van der Waals surface area contributed by atoms with Gasteiger partial charge in [-0.1, -0.05) is 0 Å². The van der Waals surface area contributed by atoms with E-state index < -0.39 is 40.9 Å². The van der Waals surface area contributed by atoms with Gasteiger partial charge in [-0.25, -0.2) is 4.39 Å². The van der Waals surface area contributed by atoms with Gasteiger partial charge in [-0.15, -0.1) is 4.48 Å². The molecule has 0 aromatic rings. The molecule has 0 unspecified atom stereocenters. The summed E-state index contributed by atoms with van der Waals surface area (Å²) in [6.45, 7) is 0. The maximum atomic E-state index is 13.0. The molecular formula is C6F13N. The van der Waals surface area contributed by atoms with Gasteiger partial charge in [0.05, 0.1) is 0 Å². The molecular weight excluding hydrogens is 333 g/mol. The zero-order chi connectivity index (χ0) is 16.6. The molecule has 0 amide bonds. The molecule has 14 heteroatoms. The van der Waals surface area contributed by atoms with Gasteiger partial charge in [0.25, 0.3) is 0 Å². The summed E-state index contributed by atoms with van der Waals surface area (Å²) in [7, 11) is 0. The SMILES string of the molecule is FN1C(F)(F)C(F)(F)C(F)(C(F)(F)F)C(F)(F)C1(F)F. The van der Waals surface area contributed by atoms with Crippen molar-refractivity contribution < 1.29 is 57.2 Å². The molecule has 0 aromatic heterocycles. The van der Waals surface area contributed by atoms with Gasteiger partial charge in [0, 0.05) is 0 Å². The number of rotatable bonds is 0. The van der Waals surface area contributed by atoms with E-state index in [9.17, 15) is 57.2 Å². The Morgan fingerprint density at radius 2 is 0.850 bits per heavy atom. The Balaban J connectivity index is 3.80. The van der Waals surface area contributed by atoms with E-state index in [2.05, 4.69) is 0 Å². The molecule has 0 radical (unpaired) electrons. The first kappa shape index (κ1) is 17.1. The summed E-state index contributed by atoms with van der Waals surface area (Å²) in [5, 5.41) is -3.79. The largest absolute Gasteiger partial charge is 0.435 e. The Kier molecular flexibility index (Phi) is 3.10. The lowest BCUT2D eigenvalue weighted by atomic mass is 9.82. The van der Waals surface area contributed by atoms with Gasteiger partial charge in [-0.2, -0.15) is 48.3 Å². The highest BCUT2D eigenvalue weighted by molar-refractivity contribution is 5.20. The van der Waals surface area contributed by atoms with Crippen molar-refractivity contribution in [3.63, 3.8) is 0 Å². The Morgan fingerprint density at radius 1 is 0.600 bits per heavy atom. The van der Waals surface area contributed by atoms with E-state index in [1.165, 1.54) is 0 Å². The zero-order valence-electron chi connectivity index (χ0n) is 8.36. The van der Waals surface area contributed by atoms with Crippen LogP contribution in [0.1, 0.15) is 0 Å². The molecule has 1 rings (SSSR count). The summed E-state index contributed by atoms with van der Waals surface area (Å²) in [4.78, 5) is 0. The molecule has 1 nitrogen and oxygen atoms in total. The predicted octanol–water partition coefficient (Wildman–Crippen LogP) is 3.91. The Labute approximate surface area is 99.4 Å². The Bertz CT molecular complexity index is 380. The fourth-order valence-electron chi connectivity index (χ4n) is 1.39. The lowest BCUT2D eigenvalue weighted by Crippen LogP contribution is -2.84. The van der Waals surface area contributed by atoms with Crippen molar-refractivity contribution in [2.75, 3.05) is 0 Å². The monoisotopic (exact) mass is 333 g/mol. The average Bonchev–Trinajstić information content (AvgIpc) is 2.22. The first-order valence-electron chi connectivity index (χ1n) is 4.13. The molecule has 1 heterocycles. The van der Waals surface area contributed by atoms with Crippen LogP contribution in [0, 0.1) is 0 Å². The van der Waals surface area contributed by atoms with Crippen LogP contribution in [0.15, 0.2) is 0 Å². The summed E-state index contributed by atoms with van der Waals surface area (Å²) in [5.41, 5.74) is -7.69. The van der Waals surface area contributed by atoms with Crippen molar-refractivity contribution in [2.24, 2.45) is 0 Å². The lowest BCUT2D eigenvalue weighted by molar-refractivity contribution is -0.544. The van der Waals surface area contributed by atoms with Crippen molar-refractivity contribution in [2.45, 2.75) is 35.8 Å². The molecule has 0 bridgehead atoms.